The van der Waals surface area contributed by atoms with E-state index in [9.17, 15) is 0 Å². The largest absolute Gasteiger partial charge is 0.330 e. The summed E-state index contributed by atoms with van der Waals surface area (Å²) in [5.41, 5.74) is 8.88. The van der Waals surface area contributed by atoms with Crippen LogP contribution in [0.15, 0.2) is 24.0 Å². The fourth-order valence-corrected chi connectivity index (χ4v) is 4.11. The minimum Gasteiger partial charge on any atom is -0.330 e. The number of imidazole rings is 1. The number of hydrogen-bond acceptors (Lipinski definition) is 4. The lowest BCUT2D eigenvalue weighted by Gasteiger charge is -2.34. The van der Waals surface area contributed by atoms with Gasteiger partial charge in [0.05, 0.1) is 18.1 Å². The Labute approximate surface area is 123 Å². The van der Waals surface area contributed by atoms with Crippen molar-refractivity contribution in [1.29, 1.82) is 0 Å². The molecule has 5 heteroatoms. The average Bonchev–Trinajstić information content (AvgIpc) is 3.02. The third-order valence-corrected chi connectivity index (χ3v) is 5.50. The van der Waals surface area contributed by atoms with Crippen molar-refractivity contribution in [2.75, 3.05) is 13.1 Å². The van der Waals surface area contributed by atoms with Crippen molar-refractivity contribution in [3.63, 3.8) is 0 Å². The number of fused-ring (bicyclic) bond motifs is 1. The Bertz CT molecular complexity index is 599. The lowest BCUT2D eigenvalue weighted by molar-refractivity contribution is 0.178. The maximum atomic E-state index is 6.10. The number of rotatable bonds is 4. The highest BCUT2D eigenvalue weighted by molar-refractivity contribution is 7.10. The summed E-state index contributed by atoms with van der Waals surface area (Å²) in [5, 5.41) is 2.21. The van der Waals surface area contributed by atoms with Crippen molar-refractivity contribution in [1.82, 2.24) is 14.5 Å². The van der Waals surface area contributed by atoms with E-state index < -0.39 is 0 Å². The monoisotopic (exact) mass is 288 g/mol. The molecule has 2 aromatic heterocycles. The van der Waals surface area contributed by atoms with Gasteiger partial charge >= 0.3 is 0 Å². The van der Waals surface area contributed by atoms with Gasteiger partial charge < -0.3 is 10.3 Å². The first-order valence-corrected chi connectivity index (χ1v) is 8.26. The fraction of sp³-hybridized carbons (Fsp3) is 0.533. The van der Waals surface area contributed by atoms with Crippen LogP contribution in [0.3, 0.4) is 0 Å². The minimum atomic E-state index is 0.297. The molecule has 1 fully saturated rings. The minimum absolute atomic E-state index is 0.297. The van der Waals surface area contributed by atoms with Gasteiger partial charge in [-0.3, -0.25) is 4.90 Å². The van der Waals surface area contributed by atoms with Crippen LogP contribution >= 0.6 is 11.3 Å². The first-order chi connectivity index (χ1) is 9.86. The predicted molar refractivity (Wildman–Crippen MR) is 80.7 cm³/mol. The van der Waals surface area contributed by atoms with Crippen LogP contribution in [0.4, 0.5) is 0 Å². The van der Waals surface area contributed by atoms with Crippen molar-refractivity contribution >= 4 is 11.3 Å². The van der Waals surface area contributed by atoms with E-state index in [0.717, 1.165) is 19.5 Å². The Morgan fingerprint density at radius 2 is 2.35 bits per heavy atom. The predicted octanol–water partition coefficient (Wildman–Crippen LogP) is 2.34. The van der Waals surface area contributed by atoms with Crippen LogP contribution in [-0.4, -0.2) is 27.5 Å². The number of hydrogen-bond donors (Lipinski definition) is 1. The van der Waals surface area contributed by atoms with Gasteiger partial charge in [0.1, 0.15) is 0 Å². The summed E-state index contributed by atoms with van der Waals surface area (Å²) in [6, 6.07) is 3.23. The normalized spacial score (nSPS) is 20.9. The summed E-state index contributed by atoms with van der Waals surface area (Å²) in [5.74, 6) is 0. The van der Waals surface area contributed by atoms with Crippen LogP contribution in [0.1, 0.15) is 41.1 Å². The van der Waals surface area contributed by atoms with Gasteiger partial charge in [0.2, 0.25) is 0 Å². The second-order valence-corrected chi connectivity index (χ2v) is 6.80. The molecule has 4 nitrogen and oxygen atoms in total. The Morgan fingerprint density at radius 1 is 1.45 bits per heavy atom. The topological polar surface area (TPSA) is 47.1 Å². The maximum Gasteiger partial charge on any atom is 0.0951 e. The second kappa shape index (κ2) is 4.98. The molecule has 2 aliphatic rings. The standard InChI is InChI=1S/C15H20N4S/c16-7-13(14-8-17-10-19(14)12-1-2-12)18-5-3-15-11(9-18)4-6-20-15/h4,6,8,10,12-13H,1-3,5,7,9,16H2. The van der Waals surface area contributed by atoms with E-state index in [-0.39, 0.29) is 0 Å². The van der Waals surface area contributed by atoms with E-state index in [1.54, 1.807) is 4.88 Å². The molecular formula is C15H20N4S. The summed E-state index contributed by atoms with van der Waals surface area (Å²) in [4.78, 5) is 8.43. The molecular weight excluding hydrogens is 268 g/mol. The number of nitrogens with two attached hydrogens (primary N) is 1. The average molecular weight is 288 g/mol. The molecule has 0 bridgehead atoms. The Hall–Kier alpha value is -1.17. The zero-order valence-electron chi connectivity index (χ0n) is 11.5. The van der Waals surface area contributed by atoms with Gasteiger partial charge in [-0.1, -0.05) is 0 Å². The van der Waals surface area contributed by atoms with Gasteiger partial charge in [-0.25, -0.2) is 4.98 Å². The Kier molecular flexibility index (Phi) is 3.13. The van der Waals surface area contributed by atoms with Crippen LogP contribution in [0.25, 0.3) is 0 Å². The van der Waals surface area contributed by atoms with Crippen LogP contribution in [0, 0.1) is 0 Å². The molecule has 4 rings (SSSR count). The summed E-state index contributed by atoms with van der Waals surface area (Å²) in [6.45, 7) is 2.79. The van der Waals surface area contributed by atoms with Gasteiger partial charge in [0.15, 0.2) is 0 Å². The van der Waals surface area contributed by atoms with Crippen LogP contribution in [0.5, 0.6) is 0 Å². The molecule has 3 heterocycles. The van der Waals surface area contributed by atoms with Crippen molar-refractivity contribution in [2.45, 2.75) is 37.9 Å². The van der Waals surface area contributed by atoms with Gasteiger partial charge in [0, 0.05) is 36.8 Å². The molecule has 20 heavy (non-hydrogen) atoms. The zero-order valence-corrected chi connectivity index (χ0v) is 12.4. The lowest BCUT2D eigenvalue weighted by Crippen LogP contribution is -2.38. The first kappa shape index (κ1) is 12.6. The third-order valence-electron chi connectivity index (χ3n) is 4.48. The Balaban J connectivity index is 1.60. The van der Waals surface area contributed by atoms with E-state index in [1.165, 1.54) is 24.1 Å². The van der Waals surface area contributed by atoms with E-state index in [2.05, 4.69) is 25.9 Å². The van der Waals surface area contributed by atoms with E-state index in [0.29, 0.717) is 18.6 Å². The molecule has 1 atom stereocenters. The number of aromatic nitrogens is 2. The third kappa shape index (κ3) is 2.10. The molecule has 1 aliphatic heterocycles. The zero-order chi connectivity index (χ0) is 13.5. The summed E-state index contributed by atoms with van der Waals surface area (Å²) >= 11 is 1.89. The Morgan fingerprint density at radius 3 is 3.15 bits per heavy atom. The molecule has 0 amide bonds. The first-order valence-electron chi connectivity index (χ1n) is 7.38. The molecule has 0 aromatic carbocycles. The van der Waals surface area contributed by atoms with Crippen molar-refractivity contribution in [3.05, 3.63) is 40.1 Å². The van der Waals surface area contributed by atoms with Gasteiger partial charge in [0.25, 0.3) is 0 Å². The molecule has 1 unspecified atom stereocenters. The molecule has 1 saturated carbocycles. The molecule has 106 valence electrons. The number of thiophene rings is 1. The highest BCUT2D eigenvalue weighted by atomic mass is 32.1. The van der Waals surface area contributed by atoms with E-state index in [4.69, 9.17) is 5.73 Å². The van der Waals surface area contributed by atoms with E-state index >= 15 is 0 Å². The lowest BCUT2D eigenvalue weighted by atomic mass is 10.1. The molecule has 0 saturated heterocycles. The molecule has 0 spiro atoms. The SMILES string of the molecule is NCC(c1cncn1C1CC1)N1CCc2sccc2C1. The molecule has 0 radical (unpaired) electrons. The quantitative estimate of drug-likeness (QED) is 0.939. The van der Waals surface area contributed by atoms with E-state index in [1.807, 2.05) is 23.9 Å². The maximum absolute atomic E-state index is 6.10. The smallest absolute Gasteiger partial charge is 0.0951 e. The van der Waals surface area contributed by atoms with Crippen LogP contribution in [-0.2, 0) is 13.0 Å². The summed E-state index contributed by atoms with van der Waals surface area (Å²) in [6.07, 6.45) is 7.72. The summed E-state index contributed by atoms with van der Waals surface area (Å²) < 4.78 is 2.35. The van der Waals surface area contributed by atoms with Crippen molar-refractivity contribution in [2.24, 2.45) is 5.73 Å². The number of nitrogens with zero attached hydrogens (tertiary/aromatic N) is 3. The highest BCUT2D eigenvalue weighted by Crippen LogP contribution is 2.38. The van der Waals surface area contributed by atoms with Gasteiger partial charge in [-0.15, -0.1) is 11.3 Å². The van der Waals surface area contributed by atoms with Crippen LogP contribution in [0.2, 0.25) is 0 Å². The highest BCUT2D eigenvalue weighted by Gasteiger charge is 2.31. The van der Waals surface area contributed by atoms with Crippen LogP contribution < -0.4 is 5.73 Å². The summed E-state index contributed by atoms with van der Waals surface area (Å²) in [7, 11) is 0. The molecule has 2 aromatic rings. The molecule has 1 aliphatic carbocycles. The molecule has 2 N–H and O–H groups in total. The van der Waals surface area contributed by atoms with Crippen molar-refractivity contribution < 1.29 is 0 Å². The second-order valence-electron chi connectivity index (χ2n) is 5.80. The van der Waals surface area contributed by atoms with Gasteiger partial charge in [-0.05, 0) is 36.3 Å². The van der Waals surface area contributed by atoms with Gasteiger partial charge in [-0.2, -0.15) is 0 Å². The van der Waals surface area contributed by atoms with Crippen molar-refractivity contribution in [3.8, 4) is 0 Å². The fourth-order valence-electron chi connectivity index (χ4n) is 3.22.